The molecule has 0 nitrogen and oxygen atoms in total. The van der Waals surface area contributed by atoms with E-state index in [1.807, 2.05) is 0 Å². The van der Waals surface area contributed by atoms with Crippen LogP contribution >= 0.6 is 11.6 Å². The van der Waals surface area contributed by atoms with E-state index in [2.05, 4.69) is 32.9 Å². The smallest absolute Gasteiger partial charge is 0.127 e. The zero-order chi connectivity index (χ0) is 16.4. The van der Waals surface area contributed by atoms with Gasteiger partial charge in [0.25, 0.3) is 0 Å². The zero-order valence-corrected chi connectivity index (χ0v) is 15.5. The maximum atomic E-state index is 14.6. The lowest BCUT2D eigenvalue weighted by Crippen LogP contribution is -2.50. The van der Waals surface area contributed by atoms with Crippen molar-refractivity contribution in [3.05, 3.63) is 22.8 Å². The molecule has 0 heterocycles. The highest BCUT2D eigenvalue weighted by atomic mass is 35.5. The van der Waals surface area contributed by atoms with Crippen molar-refractivity contribution in [3.8, 4) is 0 Å². The molecule has 0 N–H and O–H groups in total. The van der Waals surface area contributed by atoms with Gasteiger partial charge in [0.05, 0.1) is 0 Å². The normalized spacial score (nSPS) is 52.1. The number of alkyl halides is 1. The van der Waals surface area contributed by atoms with Crippen molar-refractivity contribution in [2.75, 3.05) is 0 Å². The molecule has 0 bridgehead atoms. The van der Waals surface area contributed by atoms with Crippen LogP contribution in [-0.2, 0) is 0 Å². The van der Waals surface area contributed by atoms with Crippen molar-refractivity contribution < 1.29 is 4.39 Å². The molecule has 0 unspecified atom stereocenters. The Hall–Kier alpha value is -0.300. The summed E-state index contributed by atoms with van der Waals surface area (Å²) >= 11 is 6.71. The lowest BCUT2D eigenvalue weighted by Gasteiger charge is -2.57. The monoisotopic (exact) mass is 336 g/mol. The van der Waals surface area contributed by atoms with Gasteiger partial charge in [-0.15, -0.1) is 0 Å². The van der Waals surface area contributed by atoms with Gasteiger partial charge in [0, 0.05) is 16.9 Å². The van der Waals surface area contributed by atoms with Crippen LogP contribution in [0.15, 0.2) is 22.8 Å². The van der Waals surface area contributed by atoms with Gasteiger partial charge in [-0.05, 0) is 66.8 Å². The molecule has 0 spiro atoms. The number of halogens is 2. The van der Waals surface area contributed by atoms with Crippen molar-refractivity contribution in [2.24, 2.45) is 34.5 Å². The summed E-state index contributed by atoms with van der Waals surface area (Å²) in [5.74, 6) is 2.90. The summed E-state index contributed by atoms with van der Waals surface area (Å²) in [5.41, 5.74) is 1.29. The summed E-state index contributed by atoms with van der Waals surface area (Å²) in [5, 5.41) is 0.856. The second-order valence-electron chi connectivity index (χ2n) is 9.01. The number of hydrogen-bond donors (Lipinski definition) is 0. The van der Waals surface area contributed by atoms with Gasteiger partial charge in [-0.1, -0.05) is 50.9 Å². The van der Waals surface area contributed by atoms with Crippen LogP contribution < -0.4 is 0 Å². The van der Waals surface area contributed by atoms with Gasteiger partial charge in [0.1, 0.15) is 6.17 Å². The Morgan fingerprint density at radius 3 is 2.74 bits per heavy atom. The Morgan fingerprint density at radius 1 is 1.22 bits per heavy atom. The van der Waals surface area contributed by atoms with E-state index in [0.717, 1.165) is 28.9 Å². The molecule has 0 aromatic heterocycles. The maximum absolute atomic E-state index is 14.6. The zero-order valence-electron chi connectivity index (χ0n) is 14.7. The van der Waals surface area contributed by atoms with Crippen LogP contribution in [0.5, 0.6) is 0 Å². The van der Waals surface area contributed by atoms with Crippen molar-refractivity contribution >= 4 is 11.6 Å². The van der Waals surface area contributed by atoms with E-state index in [1.165, 1.54) is 32.1 Å². The Labute approximate surface area is 145 Å². The summed E-state index contributed by atoms with van der Waals surface area (Å²) in [6, 6.07) is 0. The average molecular weight is 337 g/mol. The molecule has 0 aromatic carbocycles. The molecule has 2 fully saturated rings. The number of allylic oxidation sites excluding steroid dienone is 4. The first kappa shape index (κ1) is 16.2. The molecule has 4 aliphatic rings. The molecule has 0 amide bonds. The van der Waals surface area contributed by atoms with E-state index in [-0.39, 0.29) is 5.41 Å². The quantitative estimate of drug-likeness (QED) is 0.470. The minimum absolute atomic E-state index is 0.136. The van der Waals surface area contributed by atoms with Gasteiger partial charge in [0.15, 0.2) is 0 Å². The molecule has 0 aromatic rings. The van der Waals surface area contributed by atoms with Crippen LogP contribution in [0.3, 0.4) is 0 Å². The van der Waals surface area contributed by atoms with Gasteiger partial charge < -0.3 is 0 Å². The molecule has 4 aliphatic carbocycles. The van der Waals surface area contributed by atoms with Gasteiger partial charge >= 0.3 is 0 Å². The summed E-state index contributed by atoms with van der Waals surface area (Å²) < 4.78 is 14.6. The van der Waals surface area contributed by atoms with E-state index in [4.69, 9.17) is 11.6 Å². The molecule has 0 radical (unpaired) electrons. The molecule has 2 saturated carbocycles. The lowest BCUT2D eigenvalue weighted by atomic mass is 9.48. The second kappa shape index (κ2) is 5.35. The fraction of sp³-hybridized carbons (Fsp3) is 0.810. The van der Waals surface area contributed by atoms with Crippen LogP contribution in [0, 0.1) is 34.5 Å². The first-order chi connectivity index (χ1) is 10.9. The summed E-state index contributed by atoms with van der Waals surface area (Å²) in [7, 11) is 0. The predicted molar refractivity (Wildman–Crippen MR) is 95.1 cm³/mol. The summed E-state index contributed by atoms with van der Waals surface area (Å²) in [6.07, 6.45) is 11.6. The second-order valence-corrected chi connectivity index (χ2v) is 9.47. The van der Waals surface area contributed by atoms with E-state index >= 15 is 0 Å². The molecular weight excluding hydrogens is 307 g/mol. The molecule has 4 rings (SSSR count). The van der Waals surface area contributed by atoms with Crippen molar-refractivity contribution in [1.29, 1.82) is 0 Å². The minimum Gasteiger partial charge on any atom is -0.242 e. The highest BCUT2D eigenvalue weighted by Crippen LogP contribution is 2.67. The Morgan fingerprint density at radius 2 is 2.00 bits per heavy atom. The van der Waals surface area contributed by atoms with Crippen LogP contribution in [0.25, 0.3) is 0 Å². The molecule has 23 heavy (non-hydrogen) atoms. The van der Waals surface area contributed by atoms with Crippen LogP contribution in [0.4, 0.5) is 4.39 Å². The lowest BCUT2D eigenvalue weighted by molar-refractivity contribution is -0.0272. The highest BCUT2D eigenvalue weighted by Gasteiger charge is 2.59. The fourth-order valence-corrected chi connectivity index (χ4v) is 7.68. The predicted octanol–water partition coefficient (Wildman–Crippen LogP) is 6.66. The highest BCUT2D eigenvalue weighted by molar-refractivity contribution is 6.30. The van der Waals surface area contributed by atoms with Crippen molar-refractivity contribution in [1.82, 2.24) is 0 Å². The van der Waals surface area contributed by atoms with Crippen LogP contribution in [0.1, 0.15) is 65.7 Å². The van der Waals surface area contributed by atoms with Gasteiger partial charge in [-0.2, -0.15) is 0 Å². The van der Waals surface area contributed by atoms with Crippen molar-refractivity contribution in [3.63, 3.8) is 0 Å². The van der Waals surface area contributed by atoms with E-state index < -0.39 is 6.17 Å². The van der Waals surface area contributed by atoms with Gasteiger partial charge in [0.2, 0.25) is 0 Å². The van der Waals surface area contributed by atoms with E-state index in [9.17, 15) is 4.39 Å². The van der Waals surface area contributed by atoms with Crippen LogP contribution in [0.2, 0.25) is 0 Å². The maximum Gasteiger partial charge on any atom is 0.127 e. The summed E-state index contributed by atoms with van der Waals surface area (Å²) in [6.45, 7) is 7.16. The first-order valence-corrected chi connectivity index (χ1v) is 10.0. The molecule has 0 aliphatic heterocycles. The van der Waals surface area contributed by atoms with E-state index in [1.54, 1.807) is 0 Å². The minimum atomic E-state index is -0.862. The van der Waals surface area contributed by atoms with Gasteiger partial charge in [-0.25, -0.2) is 4.39 Å². The third-order valence-electron chi connectivity index (χ3n) is 8.30. The number of hydrogen-bond acceptors (Lipinski definition) is 0. The molecule has 0 saturated heterocycles. The Kier molecular flexibility index (Phi) is 3.76. The SMILES string of the molecule is CC[C@H]1CC[C@H]2[C@@H]3CC(Cl)=C4[C@H](F)CC=C[C@]4(C)[C@H]3CC[C@]12C. The molecular formula is C21H30ClF. The largest absolute Gasteiger partial charge is 0.242 e. The fourth-order valence-electron chi connectivity index (χ4n) is 7.18. The Balaban J connectivity index is 1.75. The molecule has 2 heteroatoms. The topological polar surface area (TPSA) is 0 Å². The molecule has 7 atom stereocenters. The standard InChI is InChI=1S/C21H30ClF/c1-4-13-7-8-15-14-12-17(22)19-18(23)6-5-10-21(19,3)16(14)9-11-20(13,15)2/h5,10,13-16,18H,4,6-9,11-12H2,1-3H3/t13-,14-,15-,16-,18+,20+,21+/m0/s1. The average Bonchev–Trinajstić information content (AvgIpc) is 2.83. The summed E-state index contributed by atoms with van der Waals surface area (Å²) in [4.78, 5) is 0. The van der Waals surface area contributed by atoms with Crippen LogP contribution in [-0.4, -0.2) is 6.17 Å². The third-order valence-corrected chi connectivity index (χ3v) is 8.66. The number of rotatable bonds is 1. The van der Waals surface area contributed by atoms with Crippen molar-refractivity contribution in [2.45, 2.75) is 71.9 Å². The van der Waals surface area contributed by atoms with E-state index in [0.29, 0.717) is 23.7 Å². The molecule has 128 valence electrons. The van der Waals surface area contributed by atoms with Gasteiger partial charge in [-0.3, -0.25) is 0 Å². The number of fused-ring (bicyclic) bond motifs is 5. The first-order valence-electron chi connectivity index (χ1n) is 9.62. The Bertz CT molecular complexity index is 564. The third kappa shape index (κ3) is 2.08.